The highest BCUT2D eigenvalue weighted by molar-refractivity contribution is 7.89. The van der Waals surface area contributed by atoms with Gasteiger partial charge in [0.1, 0.15) is 4.90 Å². The average molecular weight is 320 g/mol. The van der Waals surface area contributed by atoms with E-state index >= 15 is 0 Å². The molecule has 0 saturated carbocycles. The summed E-state index contributed by atoms with van der Waals surface area (Å²) in [6.45, 7) is 0.621. The van der Waals surface area contributed by atoms with Gasteiger partial charge < -0.3 is 10.5 Å². The summed E-state index contributed by atoms with van der Waals surface area (Å²) in [6, 6.07) is 1.97. The molecule has 1 unspecified atom stereocenters. The van der Waals surface area contributed by atoms with E-state index in [1.165, 1.54) is 7.05 Å². The van der Waals surface area contributed by atoms with E-state index < -0.39 is 26.6 Å². The molecule has 1 aliphatic rings. The molecule has 1 aromatic carbocycles. The van der Waals surface area contributed by atoms with E-state index in [1.54, 1.807) is 0 Å². The van der Waals surface area contributed by atoms with Gasteiger partial charge in [-0.2, -0.15) is 4.31 Å². The summed E-state index contributed by atoms with van der Waals surface area (Å²) in [5.74, 6) is -2.60. The highest BCUT2D eigenvalue weighted by Crippen LogP contribution is 2.24. The van der Waals surface area contributed by atoms with Crippen molar-refractivity contribution in [3.63, 3.8) is 0 Å². The summed E-state index contributed by atoms with van der Waals surface area (Å²) in [6.07, 6.45) is 1.40. The van der Waals surface area contributed by atoms with Crippen LogP contribution in [0.3, 0.4) is 0 Å². The fraction of sp³-hybridized carbons (Fsp3) is 0.538. The van der Waals surface area contributed by atoms with Crippen LogP contribution in [0.2, 0.25) is 0 Å². The van der Waals surface area contributed by atoms with Crippen LogP contribution in [0.1, 0.15) is 18.4 Å². The number of benzene rings is 1. The molecule has 0 bridgehead atoms. The van der Waals surface area contributed by atoms with Gasteiger partial charge in [-0.05, 0) is 30.5 Å². The van der Waals surface area contributed by atoms with Crippen LogP contribution in [-0.4, -0.2) is 39.0 Å². The molecule has 8 heteroatoms. The molecule has 0 amide bonds. The SMILES string of the molecule is CN(CC1CCCO1)S(=O)(=O)c1cc(CN)cc(F)c1F. The van der Waals surface area contributed by atoms with Crippen molar-refractivity contribution in [2.75, 3.05) is 20.2 Å². The van der Waals surface area contributed by atoms with Gasteiger partial charge in [-0.1, -0.05) is 0 Å². The molecule has 21 heavy (non-hydrogen) atoms. The van der Waals surface area contributed by atoms with Crippen molar-refractivity contribution in [3.8, 4) is 0 Å². The minimum Gasteiger partial charge on any atom is -0.377 e. The Bertz CT molecular complexity index is 616. The molecule has 0 aromatic heterocycles. The molecular formula is C13H18F2N2O3S. The lowest BCUT2D eigenvalue weighted by molar-refractivity contribution is 0.0978. The monoisotopic (exact) mass is 320 g/mol. The Hall–Kier alpha value is -1.09. The van der Waals surface area contributed by atoms with Crippen LogP contribution in [0.15, 0.2) is 17.0 Å². The third kappa shape index (κ3) is 3.39. The number of nitrogens with two attached hydrogens (primary N) is 1. The van der Waals surface area contributed by atoms with E-state index in [2.05, 4.69) is 0 Å². The van der Waals surface area contributed by atoms with E-state index in [0.717, 1.165) is 29.3 Å². The molecule has 1 atom stereocenters. The maximum absolute atomic E-state index is 13.8. The van der Waals surface area contributed by atoms with Gasteiger partial charge >= 0.3 is 0 Å². The number of hydrogen-bond acceptors (Lipinski definition) is 4. The summed E-state index contributed by atoms with van der Waals surface area (Å²) in [4.78, 5) is -0.691. The standard InChI is InChI=1S/C13H18F2N2O3S/c1-17(8-10-3-2-4-20-10)21(18,19)12-6-9(7-16)5-11(14)13(12)15/h5-6,10H,2-4,7-8,16H2,1H3. The second-order valence-corrected chi connectivity index (χ2v) is 7.03. The number of likely N-dealkylation sites (N-methyl/N-ethyl adjacent to an activating group) is 1. The number of hydrogen-bond donors (Lipinski definition) is 1. The molecule has 1 heterocycles. The Morgan fingerprint density at radius 1 is 1.43 bits per heavy atom. The molecule has 1 fully saturated rings. The zero-order valence-corrected chi connectivity index (χ0v) is 12.5. The van der Waals surface area contributed by atoms with Crippen LogP contribution in [0, 0.1) is 11.6 Å². The molecule has 2 rings (SSSR count). The van der Waals surface area contributed by atoms with E-state index in [4.69, 9.17) is 10.5 Å². The second kappa shape index (κ2) is 6.35. The Kier molecular flexibility index (Phi) is 4.92. The summed E-state index contributed by atoms with van der Waals surface area (Å²) in [5, 5.41) is 0. The third-order valence-corrected chi connectivity index (χ3v) is 5.29. The van der Waals surface area contributed by atoms with Crippen LogP contribution < -0.4 is 5.73 Å². The van der Waals surface area contributed by atoms with E-state index in [0.29, 0.717) is 6.61 Å². The van der Waals surface area contributed by atoms with Crippen LogP contribution in [0.25, 0.3) is 0 Å². The molecule has 2 N–H and O–H groups in total. The molecule has 0 spiro atoms. The number of sulfonamides is 1. The first kappa shape index (κ1) is 16.3. The minimum atomic E-state index is -4.13. The molecule has 5 nitrogen and oxygen atoms in total. The van der Waals surface area contributed by atoms with Gasteiger partial charge in [0.25, 0.3) is 0 Å². The lowest BCUT2D eigenvalue weighted by Gasteiger charge is -2.21. The fourth-order valence-electron chi connectivity index (χ4n) is 2.26. The van der Waals surface area contributed by atoms with Crippen molar-refractivity contribution in [2.24, 2.45) is 5.73 Å². The van der Waals surface area contributed by atoms with Gasteiger partial charge in [0.15, 0.2) is 11.6 Å². The summed E-state index contributed by atoms with van der Waals surface area (Å²) in [5.41, 5.74) is 5.59. The normalized spacial score (nSPS) is 19.4. The lowest BCUT2D eigenvalue weighted by atomic mass is 10.2. The molecule has 118 valence electrons. The average Bonchev–Trinajstić information content (AvgIpc) is 2.94. The Labute approximate surface area is 122 Å². The molecule has 0 radical (unpaired) electrons. The number of ether oxygens (including phenoxy) is 1. The predicted octanol–water partition coefficient (Wildman–Crippen LogP) is 1.22. The van der Waals surface area contributed by atoms with Crippen molar-refractivity contribution in [1.29, 1.82) is 0 Å². The first-order valence-corrected chi connectivity index (χ1v) is 8.06. The fourth-order valence-corrected chi connectivity index (χ4v) is 3.59. The zero-order chi connectivity index (χ0) is 15.6. The maximum atomic E-state index is 13.8. The first-order chi connectivity index (χ1) is 9.86. The van der Waals surface area contributed by atoms with Crippen LogP contribution in [-0.2, 0) is 21.3 Å². The van der Waals surface area contributed by atoms with Crippen molar-refractivity contribution < 1.29 is 21.9 Å². The van der Waals surface area contributed by atoms with Gasteiger partial charge in [-0.15, -0.1) is 0 Å². The van der Waals surface area contributed by atoms with Crippen molar-refractivity contribution in [3.05, 3.63) is 29.3 Å². The van der Waals surface area contributed by atoms with Crippen molar-refractivity contribution >= 4 is 10.0 Å². The van der Waals surface area contributed by atoms with E-state index in [-0.39, 0.29) is 24.8 Å². The zero-order valence-electron chi connectivity index (χ0n) is 11.7. The lowest BCUT2D eigenvalue weighted by Crippen LogP contribution is -2.34. The van der Waals surface area contributed by atoms with Crippen molar-refractivity contribution in [2.45, 2.75) is 30.4 Å². The van der Waals surface area contributed by atoms with Gasteiger partial charge in [-0.3, -0.25) is 0 Å². The second-order valence-electron chi connectivity index (χ2n) is 5.01. The van der Waals surface area contributed by atoms with Crippen molar-refractivity contribution in [1.82, 2.24) is 4.31 Å². The highest BCUT2D eigenvalue weighted by atomic mass is 32.2. The quantitative estimate of drug-likeness (QED) is 0.885. The number of rotatable bonds is 5. The summed E-state index contributed by atoms with van der Waals surface area (Å²) >= 11 is 0. The Morgan fingerprint density at radius 3 is 2.71 bits per heavy atom. The molecule has 1 aliphatic heterocycles. The number of nitrogens with zero attached hydrogens (tertiary/aromatic N) is 1. The highest BCUT2D eigenvalue weighted by Gasteiger charge is 2.30. The summed E-state index contributed by atoms with van der Waals surface area (Å²) < 4.78 is 58.4. The van der Waals surface area contributed by atoms with Gasteiger partial charge in [0.05, 0.1) is 6.10 Å². The molecule has 1 saturated heterocycles. The Balaban J connectivity index is 2.31. The first-order valence-electron chi connectivity index (χ1n) is 6.62. The minimum absolute atomic E-state index is 0.0742. The van der Waals surface area contributed by atoms with E-state index in [1.807, 2.05) is 0 Å². The third-order valence-electron chi connectivity index (χ3n) is 3.46. The van der Waals surface area contributed by atoms with Gasteiger partial charge in [0.2, 0.25) is 10.0 Å². The van der Waals surface area contributed by atoms with Gasteiger partial charge in [0, 0.05) is 26.7 Å². The van der Waals surface area contributed by atoms with Crippen LogP contribution >= 0.6 is 0 Å². The van der Waals surface area contributed by atoms with Crippen LogP contribution in [0.4, 0.5) is 8.78 Å². The smallest absolute Gasteiger partial charge is 0.245 e. The van der Waals surface area contributed by atoms with E-state index in [9.17, 15) is 17.2 Å². The predicted molar refractivity (Wildman–Crippen MR) is 73.0 cm³/mol. The molecule has 0 aliphatic carbocycles. The molecular weight excluding hydrogens is 302 g/mol. The number of halogens is 2. The Morgan fingerprint density at radius 2 is 2.14 bits per heavy atom. The molecule has 1 aromatic rings. The summed E-state index contributed by atoms with van der Waals surface area (Å²) in [7, 11) is -2.81. The topological polar surface area (TPSA) is 72.6 Å². The van der Waals surface area contributed by atoms with Gasteiger partial charge in [-0.25, -0.2) is 17.2 Å². The maximum Gasteiger partial charge on any atom is 0.245 e. The van der Waals surface area contributed by atoms with Crippen LogP contribution in [0.5, 0.6) is 0 Å². The largest absolute Gasteiger partial charge is 0.377 e.